The van der Waals surface area contributed by atoms with E-state index in [1.807, 2.05) is 17.7 Å². The highest BCUT2D eigenvalue weighted by atomic mass is 35.5. The van der Waals surface area contributed by atoms with Crippen molar-refractivity contribution in [1.82, 2.24) is 9.78 Å². The zero-order chi connectivity index (χ0) is 14.7. The number of rotatable bonds is 4. The van der Waals surface area contributed by atoms with Gasteiger partial charge >= 0.3 is 0 Å². The summed E-state index contributed by atoms with van der Waals surface area (Å²) in [4.78, 5) is 0. The molecule has 0 radical (unpaired) electrons. The third kappa shape index (κ3) is 2.63. The van der Waals surface area contributed by atoms with Gasteiger partial charge < -0.3 is 5.73 Å². The predicted molar refractivity (Wildman–Crippen MR) is 80.7 cm³/mol. The third-order valence-corrected chi connectivity index (χ3v) is 3.70. The maximum atomic E-state index is 8.85. The number of aryl methyl sites for hydroxylation is 1. The third-order valence-electron chi connectivity index (χ3n) is 3.35. The van der Waals surface area contributed by atoms with Gasteiger partial charge in [0.15, 0.2) is 0 Å². The number of anilines is 1. The molecule has 0 spiro atoms. The second-order valence-electron chi connectivity index (χ2n) is 4.59. The highest BCUT2D eigenvalue weighted by Crippen LogP contribution is 2.23. The second-order valence-corrected chi connectivity index (χ2v) is 5.00. The molecule has 2 aromatic rings. The van der Waals surface area contributed by atoms with Crippen molar-refractivity contribution in [3.8, 4) is 6.07 Å². The quantitative estimate of drug-likeness (QED) is 0.939. The number of nitrogens with zero attached hydrogens (tertiary/aromatic N) is 3. The van der Waals surface area contributed by atoms with Gasteiger partial charge in [-0.3, -0.25) is 4.68 Å². The van der Waals surface area contributed by atoms with Crippen molar-refractivity contribution < 1.29 is 0 Å². The Kier molecular flexibility index (Phi) is 4.31. The largest absolute Gasteiger partial charge is 0.396 e. The summed E-state index contributed by atoms with van der Waals surface area (Å²) in [5.74, 6) is 0. The van der Waals surface area contributed by atoms with E-state index in [4.69, 9.17) is 22.6 Å². The van der Waals surface area contributed by atoms with Crippen LogP contribution >= 0.6 is 11.6 Å². The molecule has 1 aromatic carbocycles. The molecule has 2 rings (SSSR count). The molecule has 0 fully saturated rings. The zero-order valence-electron chi connectivity index (χ0n) is 11.7. The lowest BCUT2D eigenvalue weighted by Gasteiger charge is -2.08. The zero-order valence-corrected chi connectivity index (χ0v) is 12.4. The Morgan fingerprint density at radius 1 is 1.35 bits per heavy atom. The first-order valence-corrected chi connectivity index (χ1v) is 7.01. The van der Waals surface area contributed by atoms with E-state index in [1.54, 1.807) is 12.1 Å². The molecule has 1 heterocycles. The van der Waals surface area contributed by atoms with Crippen molar-refractivity contribution in [3.63, 3.8) is 0 Å². The minimum atomic E-state index is 0.559. The van der Waals surface area contributed by atoms with Crippen molar-refractivity contribution in [2.75, 3.05) is 5.73 Å². The average molecular weight is 289 g/mol. The van der Waals surface area contributed by atoms with Gasteiger partial charge in [0, 0.05) is 5.02 Å². The fourth-order valence-electron chi connectivity index (χ4n) is 2.24. The van der Waals surface area contributed by atoms with Gasteiger partial charge in [0.05, 0.1) is 35.3 Å². The molecule has 0 amide bonds. The van der Waals surface area contributed by atoms with Crippen LogP contribution in [0.25, 0.3) is 0 Å². The normalized spacial score (nSPS) is 10.5. The SMILES string of the molecule is CCc1nn(Cc2ccc(C#N)cc2Cl)c(CC)c1N. The van der Waals surface area contributed by atoms with Crippen LogP contribution in [0.5, 0.6) is 0 Å². The predicted octanol–water partition coefficient (Wildman–Crippen LogP) is 3.16. The summed E-state index contributed by atoms with van der Waals surface area (Å²) in [6.45, 7) is 4.67. The number of nitrogens with two attached hydrogens (primary N) is 1. The number of nitrogen functional groups attached to an aromatic ring is 1. The van der Waals surface area contributed by atoms with E-state index in [-0.39, 0.29) is 0 Å². The van der Waals surface area contributed by atoms with E-state index in [0.717, 1.165) is 35.5 Å². The van der Waals surface area contributed by atoms with Gasteiger partial charge in [-0.25, -0.2) is 0 Å². The van der Waals surface area contributed by atoms with Gasteiger partial charge in [-0.1, -0.05) is 31.5 Å². The standard InChI is InChI=1S/C15H17ClN4/c1-3-13-15(18)14(4-2)20(19-13)9-11-6-5-10(8-17)7-12(11)16/h5-7H,3-4,9,18H2,1-2H3. The maximum absolute atomic E-state index is 8.85. The van der Waals surface area contributed by atoms with Crippen LogP contribution in [0, 0.1) is 11.3 Å². The van der Waals surface area contributed by atoms with E-state index in [9.17, 15) is 0 Å². The van der Waals surface area contributed by atoms with E-state index >= 15 is 0 Å². The van der Waals surface area contributed by atoms with Crippen LogP contribution < -0.4 is 5.73 Å². The number of aromatic nitrogens is 2. The molecule has 0 bridgehead atoms. The Bertz CT molecular complexity index is 667. The van der Waals surface area contributed by atoms with Crippen LogP contribution in [0.15, 0.2) is 18.2 Å². The topological polar surface area (TPSA) is 67.6 Å². The molecule has 0 saturated carbocycles. The molecule has 4 nitrogen and oxygen atoms in total. The molecular weight excluding hydrogens is 272 g/mol. The molecular formula is C15H17ClN4. The smallest absolute Gasteiger partial charge is 0.0992 e. The Morgan fingerprint density at radius 3 is 2.65 bits per heavy atom. The average Bonchev–Trinajstić information content (AvgIpc) is 2.76. The van der Waals surface area contributed by atoms with Gasteiger partial charge in [-0.2, -0.15) is 10.4 Å². The number of benzene rings is 1. The molecule has 0 unspecified atom stereocenters. The van der Waals surface area contributed by atoms with E-state index in [2.05, 4.69) is 18.1 Å². The fraction of sp³-hybridized carbons (Fsp3) is 0.333. The minimum Gasteiger partial charge on any atom is -0.396 e. The molecule has 0 saturated heterocycles. The van der Waals surface area contributed by atoms with Crippen molar-refractivity contribution in [1.29, 1.82) is 5.26 Å². The van der Waals surface area contributed by atoms with Crippen LogP contribution in [0.2, 0.25) is 5.02 Å². The van der Waals surface area contributed by atoms with Crippen LogP contribution in [-0.2, 0) is 19.4 Å². The molecule has 0 aliphatic heterocycles. The molecule has 0 atom stereocenters. The van der Waals surface area contributed by atoms with Crippen LogP contribution in [0.3, 0.4) is 0 Å². The van der Waals surface area contributed by atoms with Gasteiger partial charge in [-0.05, 0) is 30.5 Å². The number of nitriles is 1. The van der Waals surface area contributed by atoms with Gasteiger partial charge in [-0.15, -0.1) is 0 Å². The molecule has 1 aromatic heterocycles. The van der Waals surface area contributed by atoms with E-state index in [1.165, 1.54) is 0 Å². The minimum absolute atomic E-state index is 0.559. The molecule has 2 N–H and O–H groups in total. The summed E-state index contributed by atoms with van der Waals surface area (Å²) in [5.41, 5.74) is 10.3. The van der Waals surface area contributed by atoms with Gasteiger partial charge in [0.2, 0.25) is 0 Å². The van der Waals surface area contributed by atoms with Crippen molar-refractivity contribution in [3.05, 3.63) is 45.7 Å². The summed E-state index contributed by atoms with van der Waals surface area (Å²) in [6.07, 6.45) is 1.64. The van der Waals surface area contributed by atoms with Crippen molar-refractivity contribution in [2.45, 2.75) is 33.2 Å². The molecule has 0 aliphatic rings. The lowest BCUT2D eigenvalue weighted by Crippen LogP contribution is -2.07. The van der Waals surface area contributed by atoms with Gasteiger partial charge in [0.1, 0.15) is 0 Å². The Morgan fingerprint density at radius 2 is 2.10 bits per heavy atom. The second kappa shape index (κ2) is 5.98. The Hall–Kier alpha value is -1.99. The molecule has 20 heavy (non-hydrogen) atoms. The summed E-state index contributed by atoms with van der Waals surface area (Å²) in [7, 11) is 0. The highest BCUT2D eigenvalue weighted by Gasteiger charge is 2.13. The number of halogens is 1. The lowest BCUT2D eigenvalue weighted by molar-refractivity contribution is 0.641. The fourth-order valence-corrected chi connectivity index (χ4v) is 2.48. The van der Waals surface area contributed by atoms with E-state index < -0.39 is 0 Å². The first-order chi connectivity index (χ1) is 9.60. The molecule has 5 heteroatoms. The van der Waals surface area contributed by atoms with Crippen molar-refractivity contribution in [2.24, 2.45) is 0 Å². The summed E-state index contributed by atoms with van der Waals surface area (Å²) in [6, 6.07) is 7.38. The monoisotopic (exact) mass is 288 g/mol. The first-order valence-electron chi connectivity index (χ1n) is 6.63. The summed E-state index contributed by atoms with van der Waals surface area (Å²) < 4.78 is 1.90. The van der Waals surface area contributed by atoms with Crippen LogP contribution in [-0.4, -0.2) is 9.78 Å². The maximum Gasteiger partial charge on any atom is 0.0992 e. The summed E-state index contributed by atoms with van der Waals surface area (Å²) in [5, 5.41) is 14.0. The number of hydrogen-bond donors (Lipinski definition) is 1. The molecule has 0 aliphatic carbocycles. The van der Waals surface area contributed by atoms with Crippen molar-refractivity contribution >= 4 is 17.3 Å². The van der Waals surface area contributed by atoms with Gasteiger partial charge in [0.25, 0.3) is 0 Å². The van der Waals surface area contributed by atoms with E-state index in [0.29, 0.717) is 17.1 Å². The van der Waals surface area contributed by atoms with Crippen LogP contribution in [0.1, 0.15) is 36.4 Å². The highest BCUT2D eigenvalue weighted by molar-refractivity contribution is 6.31. The summed E-state index contributed by atoms with van der Waals surface area (Å²) >= 11 is 6.21. The van der Waals surface area contributed by atoms with Crippen LogP contribution in [0.4, 0.5) is 5.69 Å². The Labute approximate surface area is 123 Å². The first kappa shape index (κ1) is 14.4. The Balaban J connectivity index is 2.37. The molecule has 104 valence electrons. The number of hydrogen-bond acceptors (Lipinski definition) is 3. The lowest BCUT2D eigenvalue weighted by atomic mass is 10.1.